The van der Waals surface area contributed by atoms with Crippen molar-refractivity contribution in [2.45, 2.75) is 5.16 Å². The van der Waals surface area contributed by atoms with Crippen molar-refractivity contribution in [3.05, 3.63) is 30.6 Å². The van der Waals surface area contributed by atoms with E-state index in [9.17, 15) is 0 Å². The van der Waals surface area contributed by atoms with Gasteiger partial charge in [0.1, 0.15) is 12.1 Å². The maximum Gasteiger partial charge on any atom is 0.196 e. The summed E-state index contributed by atoms with van der Waals surface area (Å²) in [6, 6.07) is 9.66. The van der Waals surface area contributed by atoms with Gasteiger partial charge in [0.15, 0.2) is 5.16 Å². The second-order valence-electron chi connectivity index (χ2n) is 3.10. The Morgan fingerprint density at radius 2 is 2.29 bits per heavy atom. The van der Waals surface area contributed by atoms with E-state index >= 15 is 0 Å². The lowest BCUT2D eigenvalue weighted by Gasteiger charge is -2.09. The fourth-order valence-corrected chi connectivity index (χ4v) is 2.00. The Hall–Kier alpha value is -2.00. The van der Waals surface area contributed by atoms with Crippen LogP contribution in [-0.4, -0.2) is 27.6 Å². The van der Waals surface area contributed by atoms with Gasteiger partial charge < -0.3 is 4.74 Å². The second-order valence-corrected chi connectivity index (χ2v) is 4.04. The standard InChI is InChI=1S/C11H10N4OS/c1-16-10-5-3-2-4-9(10)15-8-13-14-11(15)17-7-6-12/h2-5,8H,7H2,1H3. The van der Waals surface area contributed by atoms with Crippen molar-refractivity contribution in [2.24, 2.45) is 0 Å². The lowest BCUT2D eigenvalue weighted by atomic mass is 10.3. The first kappa shape index (κ1) is 11.5. The quantitative estimate of drug-likeness (QED) is 0.771. The molecule has 0 bridgehead atoms. The van der Waals surface area contributed by atoms with Gasteiger partial charge in [-0.3, -0.25) is 4.57 Å². The van der Waals surface area contributed by atoms with E-state index in [1.807, 2.05) is 24.3 Å². The number of nitrogens with zero attached hydrogens (tertiary/aromatic N) is 4. The summed E-state index contributed by atoms with van der Waals surface area (Å²) in [5.74, 6) is 1.08. The van der Waals surface area contributed by atoms with Crippen LogP contribution < -0.4 is 4.74 Å². The van der Waals surface area contributed by atoms with Gasteiger partial charge in [-0.1, -0.05) is 23.9 Å². The molecular formula is C11H10N4OS. The Kier molecular flexibility index (Phi) is 3.62. The number of ether oxygens (including phenoxy) is 1. The third kappa shape index (κ3) is 2.40. The molecule has 1 aromatic heterocycles. The van der Waals surface area contributed by atoms with Crippen molar-refractivity contribution in [3.8, 4) is 17.5 Å². The summed E-state index contributed by atoms with van der Waals surface area (Å²) >= 11 is 1.34. The highest BCUT2D eigenvalue weighted by atomic mass is 32.2. The van der Waals surface area contributed by atoms with Crippen molar-refractivity contribution in [1.82, 2.24) is 14.8 Å². The van der Waals surface area contributed by atoms with Crippen LogP contribution in [0.2, 0.25) is 0 Å². The van der Waals surface area contributed by atoms with Crippen LogP contribution >= 0.6 is 11.8 Å². The smallest absolute Gasteiger partial charge is 0.196 e. The molecule has 0 amide bonds. The van der Waals surface area contributed by atoms with Crippen LogP contribution in [0.1, 0.15) is 0 Å². The SMILES string of the molecule is COc1ccccc1-n1cnnc1SCC#N. The minimum atomic E-state index is 0.341. The number of benzene rings is 1. The first-order valence-electron chi connectivity index (χ1n) is 4.90. The number of methoxy groups -OCH3 is 1. The van der Waals surface area contributed by atoms with E-state index in [0.29, 0.717) is 10.9 Å². The molecule has 2 rings (SSSR count). The van der Waals surface area contributed by atoms with Gasteiger partial charge in [-0.25, -0.2) is 0 Å². The highest BCUT2D eigenvalue weighted by Crippen LogP contribution is 2.26. The molecule has 0 N–H and O–H groups in total. The summed E-state index contributed by atoms with van der Waals surface area (Å²) in [7, 11) is 1.62. The second kappa shape index (κ2) is 5.37. The van der Waals surface area contributed by atoms with E-state index < -0.39 is 0 Å². The van der Waals surface area contributed by atoms with E-state index in [-0.39, 0.29) is 0 Å². The largest absolute Gasteiger partial charge is 0.495 e. The van der Waals surface area contributed by atoms with Gasteiger partial charge in [-0.2, -0.15) is 5.26 Å². The fourth-order valence-electron chi connectivity index (χ4n) is 1.41. The number of aromatic nitrogens is 3. The zero-order valence-corrected chi connectivity index (χ0v) is 10.0. The van der Waals surface area contributed by atoms with Crippen molar-refractivity contribution >= 4 is 11.8 Å². The van der Waals surface area contributed by atoms with Crippen molar-refractivity contribution in [2.75, 3.05) is 12.9 Å². The van der Waals surface area contributed by atoms with E-state index in [1.54, 1.807) is 18.0 Å². The molecule has 0 unspecified atom stereocenters. The highest BCUT2D eigenvalue weighted by molar-refractivity contribution is 7.99. The Morgan fingerprint density at radius 1 is 1.47 bits per heavy atom. The van der Waals surface area contributed by atoms with Crippen molar-refractivity contribution in [1.29, 1.82) is 5.26 Å². The van der Waals surface area contributed by atoms with Crippen molar-refractivity contribution in [3.63, 3.8) is 0 Å². The predicted molar refractivity (Wildman–Crippen MR) is 64.2 cm³/mol. The van der Waals surface area contributed by atoms with Gasteiger partial charge in [0.05, 0.1) is 24.6 Å². The number of para-hydroxylation sites is 2. The Bertz CT molecular complexity index is 546. The summed E-state index contributed by atoms with van der Waals surface area (Å²) in [6.07, 6.45) is 1.61. The van der Waals surface area contributed by atoms with Crippen LogP contribution in [0, 0.1) is 11.3 Å². The topological polar surface area (TPSA) is 63.7 Å². The summed E-state index contributed by atoms with van der Waals surface area (Å²) in [4.78, 5) is 0. The van der Waals surface area contributed by atoms with E-state index in [4.69, 9.17) is 10.00 Å². The molecule has 0 atom stereocenters. The molecule has 0 saturated carbocycles. The Balaban J connectivity index is 2.39. The third-order valence-electron chi connectivity index (χ3n) is 2.13. The normalized spacial score (nSPS) is 9.88. The predicted octanol–water partition coefficient (Wildman–Crippen LogP) is 1.89. The molecular weight excluding hydrogens is 236 g/mol. The zero-order chi connectivity index (χ0) is 12.1. The Labute approximate surface area is 103 Å². The molecule has 0 aliphatic carbocycles. The molecule has 17 heavy (non-hydrogen) atoms. The van der Waals surface area contributed by atoms with Gasteiger partial charge in [0, 0.05) is 0 Å². The fraction of sp³-hybridized carbons (Fsp3) is 0.182. The lowest BCUT2D eigenvalue weighted by Crippen LogP contribution is -1.98. The summed E-state index contributed by atoms with van der Waals surface area (Å²) < 4.78 is 7.08. The van der Waals surface area contributed by atoms with Crippen molar-refractivity contribution < 1.29 is 4.74 Å². The molecule has 2 aromatic rings. The molecule has 0 saturated heterocycles. The van der Waals surface area contributed by atoms with Gasteiger partial charge in [-0.15, -0.1) is 10.2 Å². The summed E-state index contributed by atoms with van der Waals surface area (Å²) in [5, 5.41) is 17.1. The number of thioether (sulfide) groups is 1. The zero-order valence-electron chi connectivity index (χ0n) is 9.20. The lowest BCUT2D eigenvalue weighted by molar-refractivity contribution is 0.412. The van der Waals surface area contributed by atoms with E-state index in [1.165, 1.54) is 11.8 Å². The minimum Gasteiger partial charge on any atom is -0.495 e. The van der Waals surface area contributed by atoms with Gasteiger partial charge >= 0.3 is 0 Å². The van der Waals surface area contributed by atoms with Crippen LogP contribution in [0.4, 0.5) is 0 Å². The van der Waals surface area contributed by atoms with E-state index in [0.717, 1.165) is 11.4 Å². The average Bonchev–Trinajstić information content (AvgIpc) is 2.84. The number of hydrogen-bond acceptors (Lipinski definition) is 5. The van der Waals surface area contributed by atoms with Gasteiger partial charge in [0.25, 0.3) is 0 Å². The molecule has 86 valence electrons. The maximum absolute atomic E-state index is 8.57. The van der Waals surface area contributed by atoms with Crippen LogP contribution in [0.3, 0.4) is 0 Å². The first-order valence-corrected chi connectivity index (χ1v) is 5.88. The average molecular weight is 246 g/mol. The Morgan fingerprint density at radius 3 is 3.06 bits per heavy atom. The summed E-state index contributed by atoms with van der Waals surface area (Å²) in [5.41, 5.74) is 0.862. The third-order valence-corrected chi connectivity index (χ3v) is 2.94. The molecule has 5 nitrogen and oxygen atoms in total. The molecule has 0 aliphatic rings. The monoisotopic (exact) mass is 246 g/mol. The number of rotatable bonds is 4. The van der Waals surface area contributed by atoms with Crippen LogP contribution in [0.25, 0.3) is 5.69 Å². The molecule has 0 spiro atoms. The maximum atomic E-state index is 8.57. The van der Waals surface area contributed by atoms with E-state index in [2.05, 4.69) is 16.3 Å². The minimum absolute atomic E-state index is 0.341. The molecule has 0 aliphatic heterocycles. The number of nitriles is 1. The molecule has 6 heteroatoms. The van der Waals surface area contributed by atoms with Gasteiger partial charge in [0.2, 0.25) is 0 Å². The summed E-state index contributed by atoms with van der Waals surface area (Å²) in [6.45, 7) is 0. The van der Waals surface area contributed by atoms with Crippen LogP contribution in [-0.2, 0) is 0 Å². The van der Waals surface area contributed by atoms with Crippen LogP contribution in [0.5, 0.6) is 5.75 Å². The molecule has 0 fully saturated rings. The number of hydrogen-bond donors (Lipinski definition) is 0. The molecule has 1 aromatic carbocycles. The highest BCUT2D eigenvalue weighted by Gasteiger charge is 2.10. The molecule has 0 radical (unpaired) electrons. The van der Waals surface area contributed by atoms with Crippen LogP contribution in [0.15, 0.2) is 35.7 Å². The first-order chi connectivity index (χ1) is 8.36. The van der Waals surface area contributed by atoms with Gasteiger partial charge in [-0.05, 0) is 12.1 Å². The molecule has 1 heterocycles.